The number of Topliss-reactive ketones (excluding diaryl/α,β-unsaturated/α-hetero) is 3. The molecule has 1 aromatic heterocycles. The van der Waals surface area contributed by atoms with E-state index in [2.05, 4.69) is 27.0 Å². The van der Waals surface area contributed by atoms with E-state index in [9.17, 15) is 48.3 Å². The summed E-state index contributed by atoms with van der Waals surface area (Å²) in [6.07, 6.45) is 3.54. The van der Waals surface area contributed by atoms with Gasteiger partial charge in [-0.25, -0.2) is 14.4 Å². The number of nitrogens with one attached hydrogen (secondary N) is 2. The van der Waals surface area contributed by atoms with Crippen molar-refractivity contribution in [1.29, 1.82) is 0 Å². The van der Waals surface area contributed by atoms with E-state index in [1.807, 2.05) is 103 Å². The molecule has 13 rings (SSSR count). The van der Waals surface area contributed by atoms with Crippen molar-refractivity contribution in [2.75, 3.05) is 57.4 Å². The monoisotopic (exact) mass is 1500 g/mol. The van der Waals surface area contributed by atoms with Crippen molar-refractivity contribution in [3.8, 4) is 51.3 Å². The number of methoxy groups -OCH3 is 3. The predicted octanol–water partition coefficient (Wildman–Crippen LogP) is 11.7. The molecule has 1 saturated carbocycles. The molecule has 576 valence electrons. The summed E-state index contributed by atoms with van der Waals surface area (Å²) < 4.78 is 37.6. The highest BCUT2D eigenvalue weighted by Gasteiger charge is 2.58. The number of carbonyl (C=O) groups is 9. The zero-order valence-electron chi connectivity index (χ0n) is 63.7. The summed E-state index contributed by atoms with van der Waals surface area (Å²) >= 11 is 0. The fraction of sp³-hybridized carbons (Fsp3) is 0.424. The molecule has 7 aromatic rings. The minimum Gasteiger partial charge on any atom is -0.496 e. The number of benzene rings is 6. The van der Waals surface area contributed by atoms with E-state index in [4.69, 9.17) is 28.4 Å². The van der Waals surface area contributed by atoms with E-state index in [1.54, 1.807) is 68.0 Å². The lowest BCUT2D eigenvalue weighted by atomic mass is 9.89. The highest BCUT2D eigenvalue weighted by atomic mass is 16.6. The number of hydrogen-bond donors (Lipinski definition) is 3. The molecule has 1 aliphatic carbocycles. The third-order valence-corrected chi connectivity index (χ3v) is 22.1. The first-order valence-electron chi connectivity index (χ1n) is 37.9. The van der Waals surface area contributed by atoms with Crippen molar-refractivity contribution in [3.63, 3.8) is 0 Å². The number of anilines is 2. The molecule has 6 aliphatic rings. The van der Waals surface area contributed by atoms with Crippen LogP contribution >= 0.6 is 0 Å². The maximum atomic E-state index is 14.6. The molecule has 6 amide bonds. The number of aliphatic hydroxyl groups excluding tert-OH is 1. The number of ketones is 3. The molecule has 25 nitrogen and oxygen atoms in total. The number of nitrogens with zero attached hydrogens (tertiary/aromatic N) is 7. The summed E-state index contributed by atoms with van der Waals surface area (Å²) in [7, 11) is 4.64. The Bertz CT molecular complexity index is 4770. The lowest BCUT2D eigenvalue weighted by Crippen LogP contribution is -2.50. The summed E-state index contributed by atoms with van der Waals surface area (Å²) in [6, 6.07) is 33.3. The van der Waals surface area contributed by atoms with Crippen LogP contribution in [-0.4, -0.2) is 155 Å². The van der Waals surface area contributed by atoms with Crippen molar-refractivity contribution in [2.45, 2.75) is 169 Å². The molecule has 0 radical (unpaired) electrons. The van der Waals surface area contributed by atoms with E-state index in [1.165, 1.54) is 26.4 Å². The first kappa shape index (κ1) is 77.0. The van der Waals surface area contributed by atoms with Crippen LogP contribution in [0.5, 0.6) is 28.7 Å². The zero-order valence-corrected chi connectivity index (χ0v) is 63.7. The Morgan fingerprint density at radius 2 is 1.37 bits per heavy atom. The molecule has 6 aromatic carbocycles. The second kappa shape index (κ2) is 32.9. The third-order valence-electron chi connectivity index (χ3n) is 22.1. The van der Waals surface area contributed by atoms with Crippen LogP contribution in [0.25, 0.3) is 28.1 Å². The van der Waals surface area contributed by atoms with Crippen molar-refractivity contribution in [1.82, 2.24) is 35.4 Å². The largest absolute Gasteiger partial charge is 0.496 e. The number of fused-ring (bicyclic) bond motifs is 9. The average Bonchev–Trinajstić information content (AvgIpc) is 1.56. The van der Waals surface area contributed by atoms with Gasteiger partial charge in [0.25, 0.3) is 11.8 Å². The predicted molar refractivity (Wildman–Crippen MR) is 410 cm³/mol. The quantitative estimate of drug-likeness (QED) is 0.0367. The number of amides is 6. The Labute approximate surface area is 639 Å². The van der Waals surface area contributed by atoms with Crippen LogP contribution < -0.4 is 44.1 Å². The molecule has 110 heavy (non-hydrogen) atoms. The molecule has 1 spiro atoms. The van der Waals surface area contributed by atoms with Crippen LogP contribution in [0, 0.1) is 24.2 Å². The number of ether oxygens (including phenoxy) is 6. The summed E-state index contributed by atoms with van der Waals surface area (Å²) in [5.74, 6) is -1.78. The fourth-order valence-corrected chi connectivity index (χ4v) is 15.6. The van der Waals surface area contributed by atoms with Gasteiger partial charge in [-0.2, -0.15) is 0 Å². The summed E-state index contributed by atoms with van der Waals surface area (Å²) in [5, 5.41) is 26.7. The standard InChI is InChI=1S/C85H95N9O16/c1-49(2)64(39-61(96)44-86-76(98)29-27-60(95)28-30-77(99)91-45-57-15-10-11-16-62(57)79-78(88-89-94(79)50(3)4)63-17-12-13-18-67(63)91)80(100)87-52(6)70(97)35-53-20-22-54(23-21-53)47-110-84(104)93-68-42-75(73(107-9)41-66(68)82(102)92-48-85(31-32-85)43-69(92)83(93)103)109-34-14-33-108-74-38-56-25-26-59-36-58(55-24-19-51(5)71(37-55)105-7)46-90(59)81(101)65(56)40-72(74)106-8/h10-13,15-24,37-38,40-42,46,49-50,52,59,64,69,83,103H,14,25-36,39,43-45,47-48H2,1-9H3,(H,86,98)(H,87,100)/t52-,59+,64-,69-,83?/m0/s1. The van der Waals surface area contributed by atoms with Crippen LogP contribution in [0.1, 0.15) is 165 Å². The number of hydrogen-bond acceptors (Lipinski definition) is 18. The second-order valence-electron chi connectivity index (χ2n) is 30.3. The van der Waals surface area contributed by atoms with Gasteiger partial charge in [0.05, 0.1) is 82.3 Å². The van der Waals surface area contributed by atoms with Crippen LogP contribution in [0.4, 0.5) is 16.2 Å². The van der Waals surface area contributed by atoms with Crippen molar-refractivity contribution < 1.29 is 76.7 Å². The lowest BCUT2D eigenvalue weighted by molar-refractivity contribution is -0.133. The van der Waals surface area contributed by atoms with Gasteiger partial charge in [-0.1, -0.05) is 97.9 Å². The molecule has 2 fully saturated rings. The SMILES string of the molecule is COc1cc(C2=CN3C(=O)c4cc(OC)c(OCCCOc5cc6c(cc5OC)C(=O)N5CC7(CC7)C[C@H]5C(O)N6C(=O)OCc5ccc(CC(=O)[C@H](C)NC(=O)[C@@H](CC(=O)CNC(=O)CCC(=O)CCC(=O)N6Cc7ccccc7-c7c(nnn7C(C)C)-c7ccccc76)C(C)C)cc5)cc4CC[C@@H]3C2)ccc1C. The summed E-state index contributed by atoms with van der Waals surface area (Å²) in [4.78, 5) is 130. The van der Waals surface area contributed by atoms with E-state index in [-0.39, 0.29) is 147 Å². The molecular weight excluding hydrogens is 1400 g/mol. The highest BCUT2D eigenvalue weighted by molar-refractivity contribution is 6.07. The molecule has 5 atom stereocenters. The van der Waals surface area contributed by atoms with Gasteiger partial charge in [0.15, 0.2) is 40.8 Å². The number of para-hydroxylation sites is 1. The van der Waals surface area contributed by atoms with Gasteiger partial charge in [-0.3, -0.25) is 38.4 Å². The zero-order chi connectivity index (χ0) is 77.8. The van der Waals surface area contributed by atoms with E-state index < -0.39 is 47.9 Å². The minimum absolute atomic E-state index is 0.00815. The topological polar surface area (TPSA) is 297 Å². The van der Waals surface area contributed by atoms with Gasteiger partial charge < -0.3 is 58.9 Å². The molecule has 1 saturated heterocycles. The Kier molecular flexibility index (Phi) is 23.0. The van der Waals surface area contributed by atoms with Crippen LogP contribution in [-0.2, 0) is 59.5 Å². The van der Waals surface area contributed by atoms with E-state index in [0.29, 0.717) is 65.4 Å². The molecule has 6 heterocycles. The van der Waals surface area contributed by atoms with Crippen LogP contribution in [0.15, 0.2) is 121 Å². The van der Waals surface area contributed by atoms with Gasteiger partial charge in [0.1, 0.15) is 23.8 Å². The molecule has 25 heteroatoms. The van der Waals surface area contributed by atoms with Gasteiger partial charge >= 0.3 is 6.09 Å². The number of aromatic nitrogens is 3. The van der Waals surface area contributed by atoms with Crippen LogP contribution in [0.3, 0.4) is 0 Å². The average molecular weight is 1500 g/mol. The van der Waals surface area contributed by atoms with Gasteiger partial charge in [0.2, 0.25) is 17.7 Å². The lowest BCUT2D eigenvalue weighted by Gasteiger charge is -2.31. The normalized spacial score (nSPS) is 17.6. The van der Waals surface area contributed by atoms with E-state index in [0.717, 1.165) is 81.0 Å². The number of carbonyl (C=O) groups excluding carboxylic acids is 9. The second-order valence-corrected chi connectivity index (χ2v) is 30.3. The summed E-state index contributed by atoms with van der Waals surface area (Å²) in [6.45, 7) is 11.6. The van der Waals surface area contributed by atoms with Gasteiger partial charge in [-0.05, 0) is 147 Å². The van der Waals surface area contributed by atoms with E-state index >= 15 is 0 Å². The molecular formula is C85H95N9O16. The molecule has 1 unspecified atom stereocenters. The minimum atomic E-state index is -1.48. The number of rotatable bonds is 29. The Morgan fingerprint density at radius 3 is 2.08 bits per heavy atom. The summed E-state index contributed by atoms with van der Waals surface area (Å²) in [5.41, 5.74) is 10.5. The Morgan fingerprint density at radius 1 is 0.691 bits per heavy atom. The first-order chi connectivity index (χ1) is 52.9. The smallest absolute Gasteiger partial charge is 0.416 e. The number of aryl methyl sites for hydroxylation is 2. The third kappa shape index (κ3) is 16.4. The molecule has 0 bridgehead atoms. The first-order valence-corrected chi connectivity index (χ1v) is 37.9. The molecule has 3 N–H and O–H groups in total. The maximum Gasteiger partial charge on any atom is 0.416 e. The number of aliphatic hydroxyl groups is 1. The van der Waals surface area contributed by atoms with Crippen LogP contribution in [0.2, 0.25) is 0 Å². The van der Waals surface area contributed by atoms with Gasteiger partial charge in [0, 0.05) is 98.4 Å². The Balaban J connectivity index is 0.570. The van der Waals surface area contributed by atoms with Crippen molar-refractivity contribution in [3.05, 3.63) is 166 Å². The Hall–Kier alpha value is -11.2. The van der Waals surface area contributed by atoms with Crippen molar-refractivity contribution in [2.24, 2.45) is 17.3 Å². The fourth-order valence-electron chi connectivity index (χ4n) is 15.6. The highest BCUT2D eigenvalue weighted by Crippen LogP contribution is 2.57. The van der Waals surface area contributed by atoms with Gasteiger partial charge in [-0.15, -0.1) is 5.10 Å². The van der Waals surface area contributed by atoms with Crippen molar-refractivity contribution >= 4 is 69.9 Å². The maximum absolute atomic E-state index is 14.6. The molecule has 5 aliphatic heterocycles.